The van der Waals surface area contributed by atoms with Crippen molar-refractivity contribution in [1.29, 1.82) is 0 Å². The third-order valence-electron chi connectivity index (χ3n) is 4.89. The normalized spacial score (nSPS) is 10.9. The molecule has 0 radical (unpaired) electrons. The summed E-state index contributed by atoms with van der Waals surface area (Å²) in [6, 6.07) is 10.9. The van der Waals surface area contributed by atoms with Gasteiger partial charge in [-0.2, -0.15) is 0 Å². The van der Waals surface area contributed by atoms with Gasteiger partial charge in [0.2, 0.25) is 5.56 Å². The van der Waals surface area contributed by atoms with Crippen LogP contribution in [0, 0.1) is 20.8 Å². The Morgan fingerprint density at radius 3 is 2.55 bits per heavy atom. The number of amides is 2. The van der Waals surface area contributed by atoms with Gasteiger partial charge in [0.05, 0.1) is 16.2 Å². The molecule has 152 valence electrons. The smallest absolute Gasteiger partial charge is 0.322 e. The molecular formula is C23H26ClN3O2. The maximum atomic E-state index is 13.0. The monoisotopic (exact) mass is 411 g/mol. The highest BCUT2D eigenvalue weighted by molar-refractivity contribution is 6.33. The predicted octanol–water partition coefficient (Wildman–Crippen LogP) is 5.55. The fourth-order valence-corrected chi connectivity index (χ4v) is 3.84. The molecule has 0 spiro atoms. The van der Waals surface area contributed by atoms with Crippen LogP contribution in [0.1, 0.15) is 35.6 Å². The molecule has 6 heteroatoms. The van der Waals surface area contributed by atoms with Gasteiger partial charge in [-0.15, -0.1) is 0 Å². The SMILES string of the molecule is CCCN(Cc1cc(=O)[nH]c2c(C)cc(C)cc12)C(=O)Nc1ccc(C)cc1Cl. The molecule has 0 saturated carbocycles. The van der Waals surface area contributed by atoms with E-state index in [4.69, 9.17) is 11.6 Å². The molecule has 29 heavy (non-hydrogen) atoms. The summed E-state index contributed by atoms with van der Waals surface area (Å²) in [6.07, 6.45) is 0.800. The quantitative estimate of drug-likeness (QED) is 0.578. The maximum absolute atomic E-state index is 13.0. The number of hydrogen-bond acceptors (Lipinski definition) is 2. The summed E-state index contributed by atoms with van der Waals surface area (Å²) in [7, 11) is 0. The van der Waals surface area contributed by atoms with Gasteiger partial charge in [-0.1, -0.05) is 36.2 Å². The second kappa shape index (κ2) is 8.70. The first-order valence-corrected chi connectivity index (χ1v) is 10.1. The van der Waals surface area contributed by atoms with Gasteiger partial charge in [0.25, 0.3) is 0 Å². The van der Waals surface area contributed by atoms with Crippen molar-refractivity contribution in [1.82, 2.24) is 9.88 Å². The van der Waals surface area contributed by atoms with Crippen molar-refractivity contribution in [3.63, 3.8) is 0 Å². The Morgan fingerprint density at radius 2 is 1.86 bits per heavy atom. The number of nitrogens with zero attached hydrogens (tertiary/aromatic N) is 1. The molecule has 1 aromatic heterocycles. The molecule has 1 heterocycles. The number of aromatic amines is 1. The minimum atomic E-state index is -0.240. The van der Waals surface area contributed by atoms with Crippen LogP contribution in [-0.2, 0) is 6.54 Å². The molecule has 0 unspecified atom stereocenters. The van der Waals surface area contributed by atoms with Crippen molar-refractivity contribution in [2.45, 2.75) is 40.7 Å². The number of urea groups is 1. The fourth-order valence-electron chi connectivity index (χ4n) is 3.56. The highest BCUT2D eigenvalue weighted by Gasteiger charge is 2.17. The summed E-state index contributed by atoms with van der Waals surface area (Å²) in [6.45, 7) is 8.87. The third-order valence-corrected chi connectivity index (χ3v) is 5.20. The molecular weight excluding hydrogens is 386 g/mol. The molecule has 2 amide bonds. The maximum Gasteiger partial charge on any atom is 0.322 e. The number of benzene rings is 2. The lowest BCUT2D eigenvalue weighted by molar-refractivity contribution is 0.209. The van der Waals surface area contributed by atoms with Crippen molar-refractivity contribution < 1.29 is 4.79 Å². The first-order chi connectivity index (χ1) is 13.8. The van der Waals surface area contributed by atoms with Crippen molar-refractivity contribution in [2.24, 2.45) is 0 Å². The first kappa shape index (κ1) is 20.9. The number of carbonyl (C=O) groups excluding carboxylic acids is 1. The largest absolute Gasteiger partial charge is 0.322 e. The minimum absolute atomic E-state index is 0.169. The molecule has 3 rings (SSSR count). The summed E-state index contributed by atoms with van der Waals surface area (Å²) in [4.78, 5) is 29.8. The average Bonchev–Trinajstić information content (AvgIpc) is 2.64. The van der Waals surface area contributed by atoms with Gasteiger partial charge in [-0.3, -0.25) is 4.79 Å². The summed E-state index contributed by atoms with van der Waals surface area (Å²) < 4.78 is 0. The van der Waals surface area contributed by atoms with E-state index in [0.29, 0.717) is 23.8 Å². The molecule has 2 N–H and O–H groups in total. The van der Waals surface area contributed by atoms with Crippen molar-refractivity contribution in [2.75, 3.05) is 11.9 Å². The number of aromatic nitrogens is 1. The van der Waals surface area contributed by atoms with Crippen LogP contribution in [0.3, 0.4) is 0 Å². The predicted molar refractivity (Wildman–Crippen MR) is 120 cm³/mol. The lowest BCUT2D eigenvalue weighted by atomic mass is 10.0. The highest BCUT2D eigenvalue weighted by Crippen LogP contribution is 2.25. The van der Waals surface area contributed by atoms with Crippen LogP contribution in [0.2, 0.25) is 5.02 Å². The third kappa shape index (κ3) is 4.80. The lowest BCUT2D eigenvalue weighted by Gasteiger charge is -2.24. The van der Waals surface area contributed by atoms with Crippen molar-refractivity contribution >= 4 is 34.2 Å². The molecule has 0 aliphatic carbocycles. The summed E-state index contributed by atoms with van der Waals surface area (Å²) in [5.41, 5.74) is 5.20. The second-order valence-electron chi connectivity index (χ2n) is 7.50. The van der Waals surface area contributed by atoms with E-state index >= 15 is 0 Å². The number of hydrogen-bond donors (Lipinski definition) is 2. The number of pyridine rings is 1. The van der Waals surface area contributed by atoms with Gasteiger partial charge in [0.1, 0.15) is 0 Å². The molecule has 0 fully saturated rings. The number of aryl methyl sites for hydroxylation is 3. The van der Waals surface area contributed by atoms with Crippen molar-refractivity contribution in [3.05, 3.63) is 74.0 Å². The second-order valence-corrected chi connectivity index (χ2v) is 7.91. The van der Waals surface area contributed by atoms with Crippen LogP contribution in [0.25, 0.3) is 10.9 Å². The fraction of sp³-hybridized carbons (Fsp3) is 0.304. The zero-order chi connectivity index (χ0) is 21.1. The number of fused-ring (bicyclic) bond motifs is 1. The minimum Gasteiger partial charge on any atom is -0.322 e. The van der Waals surface area contributed by atoms with Gasteiger partial charge in [-0.25, -0.2) is 4.79 Å². The standard InChI is InChI=1S/C23H26ClN3O2/c1-5-8-27(23(29)25-20-7-6-14(2)11-19(20)24)13-17-12-21(28)26-22-16(4)9-15(3)10-18(17)22/h6-7,9-12H,5,8,13H2,1-4H3,(H,25,29)(H,26,28). The van der Waals surface area contributed by atoms with Crippen LogP contribution in [0.5, 0.6) is 0 Å². The van der Waals surface area contributed by atoms with Crippen LogP contribution in [-0.4, -0.2) is 22.5 Å². The van der Waals surface area contributed by atoms with E-state index in [9.17, 15) is 9.59 Å². The Labute approximate surface area is 175 Å². The Hall–Kier alpha value is -2.79. The topological polar surface area (TPSA) is 65.2 Å². The van der Waals surface area contributed by atoms with Crippen LogP contribution < -0.4 is 10.9 Å². The Morgan fingerprint density at radius 1 is 1.10 bits per heavy atom. The summed E-state index contributed by atoms with van der Waals surface area (Å²) >= 11 is 6.27. The lowest BCUT2D eigenvalue weighted by Crippen LogP contribution is -2.35. The van der Waals surface area contributed by atoms with E-state index in [1.165, 1.54) is 0 Å². The van der Waals surface area contributed by atoms with Crippen LogP contribution in [0.4, 0.5) is 10.5 Å². The number of nitrogens with one attached hydrogen (secondary N) is 2. The van der Waals surface area contributed by atoms with E-state index in [1.54, 1.807) is 17.0 Å². The molecule has 0 saturated heterocycles. The summed E-state index contributed by atoms with van der Waals surface area (Å²) in [5.74, 6) is 0. The Bertz CT molecular complexity index is 1120. The van der Waals surface area contributed by atoms with Gasteiger partial charge in [-0.05, 0) is 62.1 Å². The van der Waals surface area contributed by atoms with Gasteiger partial charge >= 0.3 is 6.03 Å². The van der Waals surface area contributed by atoms with Gasteiger partial charge < -0.3 is 15.2 Å². The van der Waals surface area contributed by atoms with Crippen LogP contribution >= 0.6 is 11.6 Å². The molecule has 0 atom stereocenters. The number of halogens is 1. The van der Waals surface area contributed by atoms with E-state index < -0.39 is 0 Å². The Balaban J connectivity index is 1.94. The number of H-pyrrole nitrogens is 1. The van der Waals surface area contributed by atoms with E-state index in [-0.39, 0.29) is 11.6 Å². The first-order valence-electron chi connectivity index (χ1n) is 9.73. The number of anilines is 1. The highest BCUT2D eigenvalue weighted by atomic mass is 35.5. The van der Waals surface area contributed by atoms with E-state index in [2.05, 4.69) is 10.3 Å². The molecule has 2 aromatic carbocycles. The molecule has 0 aliphatic rings. The van der Waals surface area contributed by atoms with Gasteiger partial charge in [0, 0.05) is 24.5 Å². The zero-order valence-electron chi connectivity index (χ0n) is 17.2. The van der Waals surface area contributed by atoms with Crippen molar-refractivity contribution in [3.8, 4) is 0 Å². The molecule has 5 nitrogen and oxygen atoms in total. The summed E-state index contributed by atoms with van der Waals surface area (Å²) in [5, 5.41) is 4.36. The Kier molecular flexibility index (Phi) is 6.28. The molecule has 3 aromatic rings. The van der Waals surface area contributed by atoms with E-state index in [1.807, 2.05) is 52.0 Å². The molecule has 0 aliphatic heterocycles. The van der Waals surface area contributed by atoms with Crippen LogP contribution in [0.15, 0.2) is 41.2 Å². The van der Waals surface area contributed by atoms with Gasteiger partial charge in [0.15, 0.2) is 0 Å². The average molecular weight is 412 g/mol. The van der Waals surface area contributed by atoms with E-state index in [0.717, 1.165) is 39.6 Å². The number of rotatable bonds is 5. The molecule has 0 bridgehead atoms. The zero-order valence-corrected chi connectivity index (χ0v) is 18.0. The number of carbonyl (C=O) groups is 1.